The van der Waals surface area contributed by atoms with E-state index in [1.165, 1.54) is 18.7 Å². The van der Waals surface area contributed by atoms with Crippen LogP contribution in [0.1, 0.15) is 16.8 Å². The minimum atomic E-state index is -3.01. The molecule has 0 saturated carbocycles. The minimum Gasteiger partial charge on any atom is -0.312 e. The molecule has 1 aliphatic rings. The zero-order valence-electron chi connectivity index (χ0n) is 9.17. The Morgan fingerprint density at radius 2 is 2.12 bits per heavy atom. The number of hydrogen-bond donors (Lipinski definition) is 1. The van der Waals surface area contributed by atoms with Crippen LogP contribution in [0.5, 0.6) is 0 Å². The molecular formula is C10H13N3O3S. The van der Waals surface area contributed by atoms with Gasteiger partial charge in [0, 0.05) is 31.4 Å². The van der Waals surface area contributed by atoms with Crippen molar-refractivity contribution in [1.29, 1.82) is 0 Å². The monoisotopic (exact) mass is 255 g/mol. The number of carbonyl (C=O) groups excluding carboxylic acids is 1. The Balaban J connectivity index is 2.00. The molecule has 2 rings (SSSR count). The Morgan fingerprint density at radius 1 is 1.41 bits per heavy atom. The smallest absolute Gasteiger partial charge is 0.167 e. The van der Waals surface area contributed by atoms with Gasteiger partial charge in [0.2, 0.25) is 0 Å². The van der Waals surface area contributed by atoms with E-state index in [9.17, 15) is 13.2 Å². The van der Waals surface area contributed by atoms with Crippen molar-refractivity contribution in [2.75, 3.05) is 18.1 Å². The Hall–Kier alpha value is -1.34. The van der Waals surface area contributed by atoms with Crippen molar-refractivity contribution in [3.05, 3.63) is 24.3 Å². The van der Waals surface area contributed by atoms with Crippen LogP contribution < -0.4 is 5.32 Å². The maximum absolute atomic E-state index is 11.8. The molecule has 1 aliphatic heterocycles. The van der Waals surface area contributed by atoms with Crippen molar-refractivity contribution < 1.29 is 13.2 Å². The highest BCUT2D eigenvalue weighted by molar-refractivity contribution is 7.91. The normalized spacial score (nSPS) is 23.2. The molecule has 0 spiro atoms. The fraction of sp³-hybridized carbons (Fsp3) is 0.500. The summed E-state index contributed by atoms with van der Waals surface area (Å²) in [6.07, 6.45) is 4.38. The van der Waals surface area contributed by atoms with Gasteiger partial charge in [0.1, 0.15) is 6.33 Å². The molecule has 1 atom stereocenters. The first kappa shape index (κ1) is 12.1. The number of aromatic nitrogens is 2. The lowest BCUT2D eigenvalue weighted by atomic mass is 10.1. The summed E-state index contributed by atoms with van der Waals surface area (Å²) < 4.78 is 22.8. The van der Waals surface area contributed by atoms with Crippen molar-refractivity contribution in [3.8, 4) is 0 Å². The lowest BCUT2D eigenvalue weighted by Gasteiger charge is -2.22. The molecule has 0 radical (unpaired) electrons. The van der Waals surface area contributed by atoms with Gasteiger partial charge < -0.3 is 5.32 Å². The van der Waals surface area contributed by atoms with Crippen molar-refractivity contribution in [3.63, 3.8) is 0 Å². The SMILES string of the molecule is O=C(CC1CS(=O)(=O)CCN1)c1cncnc1. The molecule has 6 nitrogen and oxygen atoms in total. The van der Waals surface area contributed by atoms with Gasteiger partial charge in [-0.25, -0.2) is 18.4 Å². The zero-order valence-corrected chi connectivity index (χ0v) is 9.98. The summed E-state index contributed by atoms with van der Waals surface area (Å²) in [6.45, 7) is 0.408. The molecule has 0 aromatic carbocycles. The van der Waals surface area contributed by atoms with Gasteiger partial charge in [-0.05, 0) is 0 Å². The third-order valence-corrected chi connectivity index (χ3v) is 4.35. The molecule has 7 heteroatoms. The number of rotatable bonds is 3. The molecule has 0 amide bonds. The van der Waals surface area contributed by atoms with Gasteiger partial charge in [0.15, 0.2) is 15.6 Å². The van der Waals surface area contributed by atoms with Gasteiger partial charge in [-0.15, -0.1) is 0 Å². The predicted octanol–water partition coefficient (Wildman–Crippen LogP) is -0.564. The van der Waals surface area contributed by atoms with Crippen molar-refractivity contribution in [2.24, 2.45) is 0 Å². The average Bonchev–Trinajstić information content (AvgIpc) is 2.29. The van der Waals surface area contributed by atoms with Gasteiger partial charge in [0.25, 0.3) is 0 Å². The maximum Gasteiger partial charge on any atom is 0.167 e. The predicted molar refractivity (Wildman–Crippen MR) is 61.4 cm³/mol. The van der Waals surface area contributed by atoms with E-state index in [2.05, 4.69) is 15.3 Å². The summed E-state index contributed by atoms with van der Waals surface area (Å²) in [6, 6.07) is -0.304. The third-order valence-electron chi connectivity index (χ3n) is 2.62. The van der Waals surface area contributed by atoms with Crippen molar-refractivity contribution >= 4 is 15.6 Å². The number of hydrogen-bond acceptors (Lipinski definition) is 6. The van der Waals surface area contributed by atoms with Gasteiger partial charge in [-0.2, -0.15) is 0 Å². The number of sulfone groups is 1. The van der Waals surface area contributed by atoms with Crippen LogP contribution in [-0.2, 0) is 9.84 Å². The first-order valence-electron chi connectivity index (χ1n) is 5.29. The summed E-state index contributed by atoms with van der Waals surface area (Å²) in [4.78, 5) is 19.3. The Bertz CT molecular complexity index is 501. The molecule has 1 aromatic rings. The van der Waals surface area contributed by atoms with E-state index in [4.69, 9.17) is 0 Å². The molecular weight excluding hydrogens is 242 g/mol. The zero-order chi connectivity index (χ0) is 12.3. The van der Waals surface area contributed by atoms with Gasteiger partial charge in [0.05, 0.1) is 17.1 Å². The van der Waals surface area contributed by atoms with Gasteiger partial charge >= 0.3 is 0 Å². The van der Waals surface area contributed by atoms with E-state index in [1.807, 2.05) is 0 Å². The summed E-state index contributed by atoms with van der Waals surface area (Å²) in [5.74, 6) is 0.0265. The highest BCUT2D eigenvalue weighted by Gasteiger charge is 2.26. The first-order valence-corrected chi connectivity index (χ1v) is 7.11. The van der Waals surface area contributed by atoms with E-state index in [1.54, 1.807) is 0 Å². The van der Waals surface area contributed by atoms with Gasteiger partial charge in [-0.1, -0.05) is 0 Å². The van der Waals surface area contributed by atoms with E-state index >= 15 is 0 Å². The molecule has 1 fully saturated rings. The summed E-state index contributed by atoms with van der Waals surface area (Å²) in [5, 5.41) is 3.03. The second-order valence-electron chi connectivity index (χ2n) is 4.02. The largest absolute Gasteiger partial charge is 0.312 e. The molecule has 1 N–H and O–H groups in total. The summed E-state index contributed by atoms with van der Waals surface area (Å²) in [5.41, 5.74) is 0.414. The summed E-state index contributed by atoms with van der Waals surface area (Å²) in [7, 11) is -3.01. The van der Waals surface area contributed by atoms with E-state index < -0.39 is 9.84 Å². The molecule has 0 aliphatic carbocycles. The molecule has 0 bridgehead atoms. The molecule has 1 aromatic heterocycles. The third kappa shape index (κ3) is 3.31. The van der Waals surface area contributed by atoms with Crippen LogP contribution in [0, 0.1) is 0 Å². The quantitative estimate of drug-likeness (QED) is 0.728. The average molecular weight is 255 g/mol. The highest BCUT2D eigenvalue weighted by Crippen LogP contribution is 2.08. The maximum atomic E-state index is 11.8. The molecule has 1 saturated heterocycles. The molecule has 1 unspecified atom stereocenters. The van der Waals surface area contributed by atoms with Crippen molar-refractivity contribution in [1.82, 2.24) is 15.3 Å². The van der Waals surface area contributed by atoms with E-state index in [-0.39, 0.29) is 29.8 Å². The summed E-state index contributed by atoms with van der Waals surface area (Å²) >= 11 is 0. The fourth-order valence-corrected chi connectivity index (χ4v) is 3.23. The molecule has 2 heterocycles. The molecule has 92 valence electrons. The second-order valence-corrected chi connectivity index (χ2v) is 6.25. The van der Waals surface area contributed by atoms with Crippen LogP contribution in [-0.4, -0.2) is 48.3 Å². The van der Waals surface area contributed by atoms with Crippen LogP contribution in [0.2, 0.25) is 0 Å². The Kier molecular flexibility index (Phi) is 3.49. The lowest BCUT2D eigenvalue weighted by Crippen LogP contribution is -2.46. The number of nitrogens with zero attached hydrogens (tertiary/aromatic N) is 2. The fourth-order valence-electron chi connectivity index (χ4n) is 1.78. The number of carbonyl (C=O) groups is 1. The Labute approximate surface area is 99.4 Å². The Morgan fingerprint density at radius 3 is 2.76 bits per heavy atom. The van der Waals surface area contributed by atoms with Gasteiger partial charge in [-0.3, -0.25) is 4.79 Å². The standard InChI is InChI=1S/C10H13N3O3S/c14-10(8-4-11-7-12-5-8)3-9-6-17(15,16)2-1-13-9/h4-5,7,9,13H,1-3,6H2. The first-order chi connectivity index (χ1) is 8.07. The highest BCUT2D eigenvalue weighted by atomic mass is 32.2. The number of nitrogens with one attached hydrogen (secondary N) is 1. The number of Topliss-reactive ketones (excluding diaryl/α,β-unsaturated/α-hetero) is 1. The number of ketones is 1. The van der Waals surface area contributed by atoms with Crippen molar-refractivity contribution in [2.45, 2.75) is 12.5 Å². The second kappa shape index (κ2) is 4.89. The van der Waals surface area contributed by atoms with Crippen LogP contribution in [0.15, 0.2) is 18.7 Å². The van der Waals surface area contributed by atoms with Crippen LogP contribution in [0.3, 0.4) is 0 Å². The van der Waals surface area contributed by atoms with E-state index in [0.29, 0.717) is 12.1 Å². The topological polar surface area (TPSA) is 89.0 Å². The van der Waals surface area contributed by atoms with Crippen LogP contribution in [0.25, 0.3) is 0 Å². The lowest BCUT2D eigenvalue weighted by molar-refractivity contribution is 0.0971. The van der Waals surface area contributed by atoms with Crippen LogP contribution in [0.4, 0.5) is 0 Å². The molecule has 17 heavy (non-hydrogen) atoms. The van der Waals surface area contributed by atoms with Crippen LogP contribution >= 0.6 is 0 Å². The van der Waals surface area contributed by atoms with E-state index in [0.717, 1.165) is 0 Å². The minimum absolute atomic E-state index is 0.0203.